The average molecular weight is 421 g/mol. The van der Waals surface area contributed by atoms with Crippen LogP contribution in [0.2, 0.25) is 0 Å². The van der Waals surface area contributed by atoms with Gasteiger partial charge in [-0.05, 0) is 36.8 Å². The van der Waals surface area contributed by atoms with E-state index in [-0.39, 0.29) is 37.8 Å². The van der Waals surface area contributed by atoms with Gasteiger partial charge in [0.05, 0.1) is 13.2 Å². The molecule has 0 bridgehead atoms. The third-order valence-corrected chi connectivity index (χ3v) is 6.73. The Morgan fingerprint density at radius 1 is 1.14 bits per heavy atom. The van der Waals surface area contributed by atoms with E-state index in [1.165, 1.54) is 10.4 Å². The summed E-state index contributed by atoms with van der Waals surface area (Å²) in [5.74, 6) is -1.23. The molecule has 0 unspecified atom stereocenters. The molecule has 1 aliphatic rings. The summed E-state index contributed by atoms with van der Waals surface area (Å²) in [7, 11) is -4.05. The van der Waals surface area contributed by atoms with Crippen LogP contribution in [0.15, 0.2) is 53.4 Å². The zero-order valence-corrected chi connectivity index (χ0v) is 17.2. The normalized spacial score (nSPS) is 15.2. The van der Waals surface area contributed by atoms with Crippen LogP contribution in [0.4, 0.5) is 10.1 Å². The average Bonchev–Trinajstić information content (AvgIpc) is 2.75. The minimum absolute atomic E-state index is 0.137. The van der Waals surface area contributed by atoms with Gasteiger partial charge in [-0.1, -0.05) is 31.5 Å². The Bertz CT molecular complexity index is 944. The van der Waals surface area contributed by atoms with Gasteiger partial charge in [0.25, 0.3) is 5.91 Å². The maximum Gasteiger partial charge on any atom is 0.258 e. The fourth-order valence-electron chi connectivity index (χ4n) is 3.19. The minimum Gasteiger partial charge on any atom is -0.379 e. The van der Waals surface area contributed by atoms with Crippen molar-refractivity contribution >= 4 is 21.6 Å². The van der Waals surface area contributed by atoms with E-state index in [0.29, 0.717) is 12.2 Å². The molecule has 2 aromatic carbocycles. The Kier molecular flexibility index (Phi) is 7.00. The standard InChI is InChI=1S/C21H25FN2O4S/c1-2-3-11-24(18-7-5-4-6-8-18)21(25)17-9-10-19(22)20(16-17)29(26,27)23-12-14-28-15-13-23/h4-10,16H,2-3,11-15H2,1H3. The third-order valence-electron chi connectivity index (χ3n) is 4.81. The second-order valence-electron chi connectivity index (χ2n) is 6.81. The van der Waals surface area contributed by atoms with Crippen molar-refractivity contribution in [1.82, 2.24) is 4.31 Å². The van der Waals surface area contributed by atoms with Crippen molar-refractivity contribution in [2.45, 2.75) is 24.7 Å². The van der Waals surface area contributed by atoms with Crippen molar-refractivity contribution in [3.05, 3.63) is 59.9 Å². The number of nitrogens with zero attached hydrogens (tertiary/aromatic N) is 2. The molecule has 156 valence electrons. The highest BCUT2D eigenvalue weighted by Gasteiger charge is 2.30. The predicted molar refractivity (Wildman–Crippen MR) is 109 cm³/mol. The highest BCUT2D eigenvalue weighted by molar-refractivity contribution is 7.89. The highest BCUT2D eigenvalue weighted by atomic mass is 32.2. The van der Waals surface area contributed by atoms with Crippen molar-refractivity contribution in [3.63, 3.8) is 0 Å². The molecular weight excluding hydrogens is 395 g/mol. The number of carbonyl (C=O) groups excluding carboxylic acids is 1. The molecule has 0 spiro atoms. The van der Waals surface area contributed by atoms with Crippen LogP contribution >= 0.6 is 0 Å². The Balaban J connectivity index is 1.95. The minimum atomic E-state index is -4.05. The number of anilines is 1. The van der Waals surface area contributed by atoms with Crippen LogP contribution < -0.4 is 4.90 Å². The number of sulfonamides is 1. The van der Waals surface area contributed by atoms with Gasteiger partial charge in [-0.25, -0.2) is 12.8 Å². The number of hydrogen-bond acceptors (Lipinski definition) is 4. The molecule has 0 aromatic heterocycles. The molecule has 1 amide bonds. The second-order valence-corrected chi connectivity index (χ2v) is 8.71. The number of amides is 1. The predicted octanol–water partition coefficient (Wildman–Crippen LogP) is 3.29. The molecule has 6 nitrogen and oxygen atoms in total. The van der Waals surface area contributed by atoms with Gasteiger partial charge >= 0.3 is 0 Å². The van der Waals surface area contributed by atoms with Crippen molar-refractivity contribution in [3.8, 4) is 0 Å². The van der Waals surface area contributed by atoms with E-state index in [1.807, 2.05) is 37.3 Å². The quantitative estimate of drug-likeness (QED) is 0.689. The first-order valence-electron chi connectivity index (χ1n) is 9.69. The first-order chi connectivity index (χ1) is 13.9. The van der Waals surface area contributed by atoms with Gasteiger partial charge in [0.1, 0.15) is 10.7 Å². The van der Waals surface area contributed by atoms with E-state index in [0.717, 1.165) is 25.0 Å². The fraction of sp³-hybridized carbons (Fsp3) is 0.381. The molecular formula is C21H25FN2O4S. The molecule has 8 heteroatoms. The first kappa shape index (κ1) is 21.4. The lowest BCUT2D eigenvalue weighted by atomic mass is 10.1. The number of benzene rings is 2. The van der Waals surface area contributed by atoms with Gasteiger partial charge in [-0.2, -0.15) is 4.31 Å². The highest BCUT2D eigenvalue weighted by Crippen LogP contribution is 2.24. The van der Waals surface area contributed by atoms with Crippen molar-refractivity contribution in [2.75, 3.05) is 37.7 Å². The summed E-state index contributed by atoms with van der Waals surface area (Å²) < 4.78 is 46.6. The van der Waals surface area contributed by atoms with Crippen LogP contribution in [0.3, 0.4) is 0 Å². The zero-order chi connectivity index (χ0) is 20.9. The number of para-hydroxylation sites is 1. The molecule has 0 radical (unpaired) electrons. The van der Waals surface area contributed by atoms with E-state index in [1.54, 1.807) is 4.90 Å². The van der Waals surface area contributed by atoms with Crippen molar-refractivity contribution in [2.24, 2.45) is 0 Å². The summed E-state index contributed by atoms with van der Waals surface area (Å²) in [6, 6.07) is 12.7. The largest absolute Gasteiger partial charge is 0.379 e. The molecule has 0 atom stereocenters. The van der Waals surface area contributed by atoms with Gasteiger partial charge in [0.2, 0.25) is 10.0 Å². The zero-order valence-electron chi connectivity index (χ0n) is 16.4. The molecule has 29 heavy (non-hydrogen) atoms. The molecule has 1 heterocycles. The van der Waals surface area contributed by atoms with Gasteiger partial charge in [0.15, 0.2) is 0 Å². The number of halogens is 1. The van der Waals surface area contributed by atoms with E-state index in [4.69, 9.17) is 4.74 Å². The van der Waals surface area contributed by atoms with Crippen LogP contribution in [-0.2, 0) is 14.8 Å². The Hall–Kier alpha value is -2.29. The third kappa shape index (κ3) is 4.83. The lowest BCUT2D eigenvalue weighted by Gasteiger charge is -2.27. The van der Waals surface area contributed by atoms with Gasteiger partial charge in [-0.3, -0.25) is 4.79 Å². The maximum atomic E-state index is 14.4. The summed E-state index contributed by atoms with van der Waals surface area (Å²) in [6.07, 6.45) is 1.69. The smallest absolute Gasteiger partial charge is 0.258 e. The summed E-state index contributed by atoms with van der Waals surface area (Å²) in [5, 5.41) is 0. The van der Waals surface area contributed by atoms with E-state index < -0.39 is 20.7 Å². The van der Waals surface area contributed by atoms with Crippen LogP contribution in [-0.4, -0.2) is 51.5 Å². The SMILES string of the molecule is CCCCN(C(=O)c1ccc(F)c(S(=O)(=O)N2CCOCC2)c1)c1ccccc1. The van der Waals surface area contributed by atoms with Crippen LogP contribution in [0, 0.1) is 5.82 Å². The summed E-state index contributed by atoms with van der Waals surface area (Å²) >= 11 is 0. The van der Waals surface area contributed by atoms with E-state index in [2.05, 4.69) is 0 Å². The van der Waals surface area contributed by atoms with Gasteiger partial charge in [0, 0.05) is 30.9 Å². The van der Waals surface area contributed by atoms with Crippen LogP contribution in [0.5, 0.6) is 0 Å². The van der Waals surface area contributed by atoms with Crippen molar-refractivity contribution in [1.29, 1.82) is 0 Å². The van der Waals surface area contributed by atoms with Gasteiger partial charge in [-0.15, -0.1) is 0 Å². The molecule has 1 fully saturated rings. The molecule has 1 aliphatic heterocycles. The van der Waals surface area contributed by atoms with E-state index in [9.17, 15) is 17.6 Å². The van der Waals surface area contributed by atoms with Crippen LogP contribution in [0.25, 0.3) is 0 Å². The molecule has 0 N–H and O–H groups in total. The number of morpholine rings is 1. The first-order valence-corrected chi connectivity index (χ1v) is 11.1. The summed E-state index contributed by atoms with van der Waals surface area (Å²) in [5.41, 5.74) is 0.853. The molecule has 0 saturated carbocycles. The Morgan fingerprint density at radius 3 is 2.48 bits per heavy atom. The topological polar surface area (TPSA) is 66.9 Å². The molecule has 3 rings (SSSR count). The number of ether oxygens (including phenoxy) is 1. The number of unbranched alkanes of at least 4 members (excludes halogenated alkanes) is 1. The maximum absolute atomic E-state index is 14.4. The lowest BCUT2D eigenvalue weighted by molar-refractivity contribution is 0.0729. The monoisotopic (exact) mass is 420 g/mol. The Labute approximate surface area is 170 Å². The van der Waals surface area contributed by atoms with E-state index >= 15 is 0 Å². The van der Waals surface area contributed by atoms with Crippen LogP contribution in [0.1, 0.15) is 30.1 Å². The number of hydrogen-bond donors (Lipinski definition) is 0. The molecule has 2 aromatic rings. The Morgan fingerprint density at radius 2 is 1.83 bits per heavy atom. The van der Waals surface area contributed by atoms with Gasteiger partial charge < -0.3 is 9.64 Å². The van der Waals surface area contributed by atoms with Crippen molar-refractivity contribution < 1.29 is 22.3 Å². The summed E-state index contributed by atoms with van der Waals surface area (Å²) in [4.78, 5) is 14.3. The second kappa shape index (κ2) is 9.47. The fourth-order valence-corrected chi connectivity index (χ4v) is 4.69. The number of carbonyl (C=O) groups is 1. The molecule has 1 saturated heterocycles. The summed E-state index contributed by atoms with van der Waals surface area (Å²) in [6.45, 7) is 3.36. The molecule has 0 aliphatic carbocycles. The lowest BCUT2D eigenvalue weighted by Crippen LogP contribution is -2.41. The number of rotatable bonds is 7.